The van der Waals surface area contributed by atoms with Gasteiger partial charge in [-0.1, -0.05) is 0 Å². The minimum Gasteiger partial charge on any atom is -0.304 e. The van der Waals surface area contributed by atoms with Crippen LogP contribution in [-0.2, 0) is 17.1 Å². The van der Waals surface area contributed by atoms with E-state index in [4.69, 9.17) is 37.3 Å². The van der Waals surface area contributed by atoms with Gasteiger partial charge in [-0.05, 0) is 21.1 Å². The average molecular weight is 434 g/mol. The fourth-order valence-corrected chi connectivity index (χ4v) is 1.36. The minimum atomic E-state index is -4.94. The largest absolute Gasteiger partial charge is 2.00 e. The van der Waals surface area contributed by atoms with Crippen molar-refractivity contribution in [2.75, 3.05) is 60.4 Å². The zero-order valence-corrected chi connectivity index (χ0v) is 15.4. The van der Waals surface area contributed by atoms with E-state index in [-0.39, 0.29) is 17.1 Å². The smallest absolute Gasteiger partial charge is 0.304 e. The molecule has 0 aromatic heterocycles. The van der Waals surface area contributed by atoms with Gasteiger partial charge in [0.15, 0.2) is 0 Å². The number of rotatable bonds is 0. The van der Waals surface area contributed by atoms with Gasteiger partial charge in [-0.25, -0.2) is 37.3 Å². The summed E-state index contributed by atoms with van der Waals surface area (Å²) in [6.07, 6.45) is 0. The third-order valence-corrected chi connectivity index (χ3v) is 2.59. The van der Waals surface area contributed by atoms with E-state index in [0.29, 0.717) is 0 Å². The fraction of sp³-hybridized carbons (Fsp3) is 1.00. The van der Waals surface area contributed by atoms with Gasteiger partial charge in [-0.15, -0.1) is 20.5 Å². The van der Waals surface area contributed by atoms with Crippen molar-refractivity contribution in [2.45, 2.75) is 0 Å². The van der Waals surface area contributed by atoms with Gasteiger partial charge in [0.2, 0.25) is 0 Å². The van der Waals surface area contributed by atoms with Crippen LogP contribution in [0.25, 0.3) is 0 Å². The van der Waals surface area contributed by atoms with Crippen LogP contribution >= 0.6 is 0 Å². The molecule has 23 heavy (non-hydrogen) atoms. The van der Waals surface area contributed by atoms with Crippen LogP contribution in [-0.4, -0.2) is 75.1 Å². The average Bonchev–Trinajstić information content (AvgIpc) is 2.31. The maximum Gasteiger partial charge on any atom is 2.00 e. The SMILES string of the molecule is CN1CCN(C)CCN(C)CC1.[Cu+2].[O-][Cl+3]([O-])([O-])[O-].[O-][Cl+3]([O-])([O-])[O-]. The first kappa shape index (κ1) is 28.5. The Kier molecular flexibility index (Phi) is 17.2. The third kappa shape index (κ3) is 39.4. The molecule has 0 atom stereocenters. The number of nitrogens with zero attached hydrogens (tertiary/aromatic N) is 3. The maximum absolute atomic E-state index is 8.49. The fourth-order valence-electron chi connectivity index (χ4n) is 1.36. The molecule has 14 heteroatoms. The summed E-state index contributed by atoms with van der Waals surface area (Å²) >= 11 is 0. The zero-order valence-electron chi connectivity index (χ0n) is 12.9. The van der Waals surface area contributed by atoms with Gasteiger partial charge in [0.25, 0.3) is 0 Å². The molecule has 1 fully saturated rings. The molecule has 0 aliphatic carbocycles. The molecule has 0 spiro atoms. The molecule has 1 heterocycles. The van der Waals surface area contributed by atoms with Crippen molar-refractivity contribution in [1.29, 1.82) is 0 Å². The van der Waals surface area contributed by atoms with E-state index < -0.39 is 20.5 Å². The summed E-state index contributed by atoms with van der Waals surface area (Å²) in [6, 6.07) is 0. The monoisotopic (exact) mass is 432 g/mol. The summed E-state index contributed by atoms with van der Waals surface area (Å²) in [4.78, 5) is 7.20. The number of likely N-dealkylation sites (N-methyl/N-ethyl adjacent to an activating group) is 3. The van der Waals surface area contributed by atoms with Crippen LogP contribution in [0.15, 0.2) is 0 Å². The molecule has 1 radical (unpaired) electrons. The second-order valence-electron chi connectivity index (χ2n) is 4.67. The van der Waals surface area contributed by atoms with E-state index >= 15 is 0 Å². The molecule has 1 saturated heterocycles. The molecule has 0 amide bonds. The standard InChI is InChI=1S/C9H21N3.2ClHO4.Cu/c1-10-4-6-11(2)8-9-12(3)7-5-10;2*2-1(3,4)5;/h4-9H2,1-3H3;2*(H,2,3,4,5);/q;;;+2/p-2. The first-order valence-corrected chi connectivity index (χ1v) is 8.44. The summed E-state index contributed by atoms with van der Waals surface area (Å²) < 4.78 is 67.9. The van der Waals surface area contributed by atoms with Gasteiger partial charge in [-0.2, -0.15) is 0 Å². The summed E-state index contributed by atoms with van der Waals surface area (Å²) in [5.74, 6) is 0. The normalized spacial score (nSPS) is 18.9. The maximum atomic E-state index is 8.49. The van der Waals surface area contributed by atoms with Crippen LogP contribution in [0.4, 0.5) is 0 Å². The summed E-state index contributed by atoms with van der Waals surface area (Å²) in [5, 5.41) is 0. The van der Waals surface area contributed by atoms with Gasteiger partial charge in [0.1, 0.15) is 0 Å². The molecule has 0 saturated carbocycles. The molecule has 11 nitrogen and oxygen atoms in total. The van der Waals surface area contributed by atoms with Gasteiger partial charge < -0.3 is 14.7 Å². The molecule has 0 unspecified atom stereocenters. The Bertz CT molecular complexity index is 223. The van der Waals surface area contributed by atoms with Crippen molar-refractivity contribution >= 4 is 0 Å². The van der Waals surface area contributed by atoms with E-state index in [1.165, 1.54) is 39.3 Å². The summed E-state index contributed by atoms with van der Waals surface area (Å²) in [5.41, 5.74) is 0. The zero-order chi connectivity index (χ0) is 18.0. The van der Waals surface area contributed by atoms with E-state index in [1.807, 2.05) is 0 Å². The quantitative estimate of drug-likeness (QED) is 0.329. The van der Waals surface area contributed by atoms with Gasteiger partial charge >= 0.3 is 17.1 Å². The van der Waals surface area contributed by atoms with Gasteiger partial charge in [0.05, 0.1) is 0 Å². The predicted molar refractivity (Wildman–Crippen MR) is 52.5 cm³/mol. The number of hydrogen-bond donors (Lipinski definition) is 0. The Morgan fingerprint density at radius 3 is 0.652 bits per heavy atom. The van der Waals surface area contributed by atoms with Crippen molar-refractivity contribution in [1.82, 2.24) is 14.7 Å². The molecule has 0 bridgehead atoms. The van der Waals surface area contributed by atoms with Crippen LogP contribution < -0.4 is 37.3 Å². The Balaban J connectivity index is -0.000000307. The van der Waals surface area contributed by atoms with Crippen molar-refractivity contribution < 1.29 is 74.8 Å². The first-order chi connectivity index (χ1) is 9.68. The van der Waals surface area contributed by atoms with Crippen molar-refractivity contribution in [3.05, 3.63) is 0 Å². The molecule has 1 aliphatic rings. The van der Waals surface area contributed by atoms with Gasteiger partial charge in [-0.3, -0.25) is 0 Å². The van der Waals surface area contributed by atoms with Crippen molar-refractivity contribution in [3.63, 3.8) is 0 Å². The van der Waals surface area contributed by atoms with Crippen LogP contribution in [0.1, 0.15) is 0 Å². The molecule has 0 aromatic carbocycles. The van der Waals surface area contributed by atoms with E-state index in [1.54, 1.807) is 0 Å². The van der Waals surface area contributed by atoms with Crippen LogP contribution in [0, 0.1) is 20.5 Å². The predicted octanol–water partition coefficient (Wildman–Crippen LogP) is -9.72. The third-order valence-electron chi connectivity index (χ3n) is 2.59. The van der Waals surface area contributed by atoms with Crippen molar-refractivity contribution in [2.24, 2.45) is 0 Å². The Morgan fingerprint density at radius 1 is 0.478 bits per heavy atom. The van der Waals surface area contributed by atoms with Crippen molar-refractivity contribution in [3.8, 4) is 0 Å². The van der Waals surface area contributed by atoms with Crippen LogP contribution in [0.3, 0.4) is 0 Å². The summed E-state index contributed by atoms with van der Waals surface area (Å²) in [7, 11) is -3.28. The molecule has 0 aromatic rings. The van der Waals surface area contributed by atoms with E-state index in [0.717, 1.165) is 0 Å². The Morgan fingerprint density at radius 2 is 0.565 bits per heavy atom. The van der Waals surface area contributed by atoms with E-state index in [2.05, 4.69) is 35.8 Å². The molecule has 0 N–H and O–H groups in total. The van der Waals surface area contributed by atoms with E-state index in [9.17, 15) is 0 Å². The Labute approximate surface area is 150 Å². The number of hydrogen-bond acceptors (Lipinski definition) is 11. The topological polar surface area (TPSA) is 194 Å². The molecule has 1 aliphatic heterocycles. The number of halogens is 2. The molecule has 145 valence electrons. The van der Waals surface area contributed by atoms with Gasteiger partial charge in [0, 0.05) is 39.3 Å². The second-order valence-corrected chi connectivity index (χ2v) is 6.18. The minimum absolute atomic E-state index is 0. The van der Waals surface area contributed by atoms with Crippen LogP contribution in [0.2, 0.25) is 0 Å². The Hall–Kier alpha value is 0.659. The molecular formula is C9H21Cl2CuN3O8. The summed E-state index contributed by atoms with van der Waals surface area (Å²) in [6.45, 7) is 7.19. The second kappa shape index (κ2) is 13.9. The first-order valence-electron chi connectivity index (χ1n) is 5.97. The van der Waals surface area contributed by atoms with Crippen LogP contribution in [0.5, 0.6) is 0 Å². The molecular weight excluding hydrogens is 413 g/mol. The molecule has 1 rings (SSSR count).